The molecule has 31 heavy (non-hydrogen) atoms. The number of amides is 1. The van der Waals surface area contributed by atoms with Crippen molar-refractivity contribution in [2.75, 3.05) is 7.11 Å². The summed E-state index contributed by atoms with van der Waals surface area (Å²) in [6.45, 7) is 1.32. The van der Waals surface area contributed by atoms with Gasteiger partial charge in [0.1, 0.15) is 17.5 Å². The average molecular weight is 500 g/mol. The zero-order chi connectivity index (χ0) is 21.9. The minimum absolute atomic E-state index is 0. The van der Waals surface area contributed by atoms with E-state index < -0.39 is 18.0 Å². The van der Waals surface area contributed by atoms with Gasteiger partial charge in [0.15, 0.2) is 0 Å². The van der Waals surface area contributed by atoms with Crippen LogP contribution >= 0.6 is 17.4 Å². The van der Waals surface area contributed by atoms with Crippen molar-refractivity contribution >= 4 is 35.3 Å². The first-order valence-corrected chi connectivity index (χ1v) is 12.0. The van der Waals surface area contributed by atoms with Gasteiger partial charge in [-0.05, 0) is 41.8 Å². The van der Waals surface area contributed by atoms with Crippen LogP contribution in [0, 0.1) is 0 Å². The Kier molecular flexibility index (Phi) is 12.4. The van der Waals surface area contributed by atoms with Gasteiger partial charge in [-0.2, -0.15) is 0 Å². The number of rotatable bonds is 10. The zero-order valence-corrected chi connectivity index (χ0v) is 20.8. The molecule has 3 atom stereocenters. The Morgan fingerprint density at radius 3 is 2.13 bits per heavy atom. The minimum Gasteiger partial charge on any atom is -0.497 e. The minimum atomic E-state index is -0.805. The molecule has 165 valence electrons. The molecular weight excluding hydrogens is 475 g/mol. The maximum Gasteiger partial charge on any atom is 0.331 e. The van der Waals surface area contributed by atoms with Gasteiger partial charge in [-0.1, -0.05) is 33.2 Å². The Balaban J connectivity index is 0.00000480. The molecule has 0 aliphatic heterocycles. The standard InChI is InChI=1S/C21H25NO6P2.V/c1-14(23)27-18-10-5-16(6-11-18)13-19(21(25)28-30-29)22-20(24)12-7-15-3-8-17(26-2)9-4-15;/h3-6,8-11,19,30H,7,12-13,29H2,1-2H3,(H,22,24);. The van der Waals surface area contributed by atoms with Gasteiger partial charge in [0.2, 0.25) is 5.91 Å². The Labute approximate surface area is 197 Å². The molecule has 0 heterocycles. The summed E-state index contributed by atoms with van der Waals surface area (Å²) >= 11 is 0. The Morgan fingerprint density at radius 2 is 1.58 bits per heavy atom. The molecule has 2 aromatic rings. The summed E-state index contributed by atoms with van der Waals surface area (Å²) in [4.78, 5) is 35.8. The van der Waals surface area contributed by atoms with Crippen molar-refractivity contribution in [3.05, 3.63) is 59.7 Å². The van der Waals surface area contributed by atoms with E-state index in [2.05, 4.69) is 14.2 Å². The van der Waals surface area contributed by atoms with Crippen LogP contribution < -0.4 is 14.8 Å². The van der Waals surface area contributed by atoms with E-state index in [0.717, 1.165) is 16.9 Å². The number of hydrogen-bond donors (Lipinski definition) is 1. The normalized spacial score (nSPS) is 11.3. The zero-order valence-electron chi connectivity index (χ0n) is 17.3. The van der Waals surface area contributed by atoms with Gasteiger partial charge in [-0.15, -0.1) is 0 Å². The molecule has 1 N–H and O–H groups in total. The van der Waals surface area contributed by atoms with Crippen molar-refractivity contribution in [3.63, 3.8) is 0 Å². The van der Waals surface area contributed by atoms with E-state index in [1.54, 1.807) is 31.4 Å². The quantitative estimate of drug-likeness (QED) is 0.306. The maximum atomic E-state index is 12.4. The van der Waals surface area contributed by atoms with Gasteiger partial charge in [-0.25, -0.2) is 4.79 Å². The number of esters is 1. The molecule has 0 saturated carbocycles. The van der Waals surface area contributed by atoms with Crippen LogP contribution in [-0.2, 0) is 50.3 Å². The fourth-order valence-corrected chi connectivity index (χ4v) is 3.34. The second-order valence-electron chi connectivity index (χ2n) is 6.45. The molecule has 7 nitrogen and oxygen atoms in total. The van der Waals surface area contributed by atoms with Crippen molar-refractivity contribution in [1.82, 2.24) is 5.32 Å². The Bertz CT molecular complexity index is 861. The van der Waals surface area contributed by atoms with E-state index in [-0.39, 0.29) is 45.8 Å². The molecule has 0 spiro atoms. The fraction of sp³-hybridized carbons (Fsp3) is 0.286. The van der Waals surface area contributed by atoms with Gasteiger partial charge < -0.3 is 19.3 Å². The summed E-state index contributed by atoms with van der Waals surface area (Å²) in [5.74, 6) is 0.0284. The van der Waals surface area contributed by atoms with E-state index in [1.165, 1.54) is 6.92 Å². The summed E-state index contributed by atoms with van der Waals surface area (Å²) in [6, 6.07) is 13.4. The number of nitrogens with one attached hydrogen (secondary N) is 1. The van der Waals surface area contributed by atoms with Crippen LogP contribution in [0.3, 0.4) is 0 Å². The molecule has 0 bridgehead atoms. The molecular formula is C21H25NO6P2V. The number of aryl methyl sites for hydroxylation is 1. The van der Waals surface area contributed by atoms with E-state index in [9.17, 15) is 14.4 Å². The van der Waals surface area contributed by atoms with Crippen molar-refractivity contribution in [2.24, 2.45) is 0 Å². The van der Waals surface area contributed by atoms with Crippen LogP contribution in [0.5, 0.6) is 11.5 Å². The van der Waals surface area contributed by atoms with Gasteiger partial charge in [0.25, 0.3) is 0 Å². The van der Waals surface area contributed by atoms with E-state index in [1.807, 2.05) is 24.3 Å². The molecule has 0 aliphatic rings. The topological polar surface area (TPSA) is 90.9 Å². The first kappa shape index (κ1) is 27.1. The molecule has 0 fully saturated rings. The van der Waals surface area contributed by atoms with Gasteiger partial charge in [-0.3, -0.25) is 9.59 Å². The monoisotopic (exact) mass is 500 g/mol. The summed E-state index contributed by atoms with van der Waals surface area (Å²) < 4.78 is 15.2. The van der Waals surface area contributed by atoms with Crippen molar-refractivity contribution in [2.45, 2.75) is 32.2 Å². The van der Waals surface area contributed by atoms with E-state index in [0.29, 0.717) is 12.2 Å². The van der Waals surface area contributed by atoms with Crippen LogP contribution in [0.1, 0.15) is 24.5 Å². The number of hydrogen-bond acceptors (Lipinski definition) is 6. The molecule has 3 unspecified atom stereocenters. The van der Waals surface area contributed by atoms with Crippen molar-refractivity contribution < 1.29 is 46.9 Å². The van der Waals surface area contributed by atoms with E-state index >= 15 is 0 Å². The predicted octanol–water partition coefficient (Wildman–Crippen LogP) is 3.20. The number of benzene rings is 2. The molecule has 2 rings (SSSR count). The third kappa shape index (κ3) is 9.84. The van der Waals surface area contributed by atoms with Crippen LogP contribution in [-0.4, -0.2) is 31.0 Å². The van der Waals surface area contributed by atoms with Gasteiger partial charge >= 0.3 is 11.9 Å². The number of ether oxygens (including phenoxy) is 2. The van der Waals surface area contributed by atoms with E-state index in [4.69, 9.17) is 14.0 Å². The largest absolute Gasteiger partial charge is 0.497 e. The molecule has 1 amide bonds. The first-order valence-electron chi connectivity index (χ1n) is 9.27. The SMILES string of the molecule is COc1ccc(CCC(=O)NC(Cc2ccc(OC(C)=O)cc2)C(=O)OPP)cc1.[V]. The summed E-state index contributed by atoms with van der Waals surface area (Å²) in [5, 5.41) is 2.76. The number of carbonyl (C=O) groups excluding carboxylic acids is 3. The molecule has 0 aromatic heterocycles. The first-order chi connectivity index (χ1) is 14.4. The third-order valence-corrected chi connectivity index (χ3v) is 4.88. The van der Waals surface area contributed by atoms with Crippen molar-refractivity contribution in [1.29, 1.82) is 0 Å². The molecule has 0 saturated heterocycles. The molecule has 0 aliphatic carbocycles. The van der Waals surface area contributed by atoms with Crippen LogP contribution in [0.2, 0.25) is 0 Å². The van der Waals surface area contributed by atoms with Gasteiger partial charge in [0, 0.05) is 38.3 Å². The number of carbonyl (C=O) groups is 3. The Hall–Kier alpha value is -1.91. The summed E-state index contributed by atoms with van der Waals surface area (Å²) in [5.41, 5.74) is 1.80. The summed E-state index contributed by atoms with van der Waals surface area (Å²) in [6.07, 6.45) is 1.05. The van der Waals surface area contributed by atoms with Crippen LogP contribution in [0.15, 0.2) is 48.5 Å². The average Bonchev–Trinajstić information content (AvgIpc) is 2.73. The molecule has 2 aromatic carbocycles. The summed E-state index contributed by atoms with van der Waals surface area (Å²) in [7, 11) is 3.85. The third-order valence-electron chi connectivity index (χ3n) is 4.20. The smallest absolute Gasteiger partial charge is 0.331 e. The van der Waals surface area contributed by atoms with Crippen molar-refractivity contribution in [3.8, 4) is 11.5 Å². The van der Waals surface area contributed by atoms with Crippen LogP contribution in [0.25, 0.3) is 0 Å². The molecule has 10 heteroatoms. The maximum absolute atomic E-state index is 12.4. The number of methoxy groups -OCH3 is 1. The fourth-order valence-electron chi connectivity index (χ4n) is 2.73. The Morgan fingerprint density at radius 1 is 1.00 bits per heavy atom. The van der Waals surface area contributed by atoms with Gasteiger partial charge in [0.05, 0.1) is 15.6 Å². The van der Waals surface area contributed by atoms with Crippen LogP contribution in [0.4, 0.5) is 0 Å². The molecule has 1 radical (unpaired) electrons. The second kappa shape index (κ2) is 14.2. The predicted molar refractivity (Wildman–Crippen MR) is 119 cm³/mol. The second-order valence-corrected chi connectivity index (χ2v) is 7.60.